The molecule has 0 unspecified atom stereocenters. The molecule has 2 aromatic rings. The average Bonchev–Trinajstić information content (AvgIpc) is 2.38. The van der Waals surface area contributed by atoms with Crippen molar-refractivity contribution in [1.82, 2.24) is 0 Å². The minimum atomic E-state index is -3.53. The molecule has 0 aliphatic heterocycles. The zero-order valence-electron chi connectivity index (χ0n) is 10.7. The monoisotopic (exact) mass is 339 g/mol. The van der Waals surface area contributed by atoms with Crippen LogP contribution in [0.15, 0.2) is 57.9 Å². The third kappa shape index (κ3) is 2.82. The number of para-hydroxylation sites is 1. The molecule has 0 aliphatic carbocycles. The van der Waals surface area contributed by atoms with Crippen molar-refractivity contribution in [2.24, 2.45) is 0 Å². The van der Waals surface area contributed by atoms with Crippen LogP contribution in [0.5, 0.6) is 0 Å². The first-order valence-electron chi connectivity index (χ1n) is 5.73. The number of rotatable bonds is 3. The van der Waals surface area contributed by atoms with Gasteiger partial charge in [-0.15, -0.1) is 0 Å². The fraction of sp³-hybridized carbons (Fsp3) is 0.143. The van der Waals surface area contributed by atoms with Gasteiger partial charge >= 0.3 is 0 Å². The predicted octanol–water partition coefficient (Wildman–Crippen LogP) is 3.58. The number of hydrogen-bond acceptors (Lipinski definition) is 2. The van der Waals surface area contributed by atoms with Crippen molar-refractivity contribution < 1.29 is 8.42 Å². The lowest BCUT2D eigenvalue weighted by Crippen LogP contribution is -2.27. The second-order valence-corrected chi connectivity index (χ2v) is 7.10. The molecule has 100 valence electrons. The summed E-state index contributed by atoms with van der Waals surface area (Å²) in [5, 5.41) is 0. The maximum atomic E-state index is 12.5. The molecule has 0 bridgehead atoms. The molecule has 2 rings (SSSR count). The zero-order chi connectivity index (χ0) is 14.0. The Morgan fingerprint density at radius 3 is 2.37 bits per heavy atom. The molecule has 0 spiro atoms. The number of halogens is 1. The highest BCUT2D eigenvalue weighted by Gasteiger charge is 2.22. The van der Waals surface area contributed by atoms with E-state index in [1.807, 2.05) is 25.1 Å². The summed E-state index contributed by atoms with van der Waals surface area (Å²) in [6, 6.07) is 14.1. The van der Waals surface area contributed by atoms with Crippen molar-refractivity contribution in [3.63, 3.8) is 0 Å². The largest absolute Gasteiger partial charge is 0.269 e. The molecule has 0 aromatic heterocycles. The van der Waals surface area contributed by atoms with Crippen LogP contribution < -0.4 is 4.31 Å². The first kappa shape index (κ1) is 14.1. The number of sulfonamides is 1. The van der Waals surface area contributed by atoms with E-state index < -0.39 is 10.0 Å². The van der Waals surface area contributed by atoms with Crippen molar-refractivity contribution >= 4 is 31.6 Å². The summed E-state index contributed by atoms with van der Waals surface area (Å²) in [5.41, 5.74) is 1.60. The highest BCUT2D eigenvalue weighted by atomic mass is 79.9. The molecule has 2 aromatic carbocycles. The van der Waals surface area contributed by atoms with Gasteiger partial charge in [-0.05, 0) is 36.8 Å². The van der Waals surface area contributed by atoms with Gasteiger partial charge in [0.1, 0.15) is 0 Å². The van der Waals surface area contributed by atoms with Gasteiger partial charge in [-0.2, -0.15) is 0 Å². The first-order chi connectivity index (χ1) is 8.93. The van der Waals surface area contributed by atoms with Crippen LogP contribution >= 0.6 is 15.9 Å². The molecular formula is C14H14BrNO2S. The standard InChI is InChI=1S/C14H14BrNO2S/c1-11-6-3-4-9-14(11)16(2)19(17,18)13-8-5-7-12(15)10-13/h3-10H,1-2H3. The summed E-state index contributed by atoms with van der Waals surface area (Å²) in [4.78, 5) is 0.271. The smallest absolute Gasteiger partial charge is 0.264 e. The fourth-order valence-electron chi connectivity index (χ4n) is 1.83. The normalized spacial score (nSPS) is 11.3. The van der Waals surface area contributed by atoms with Crippen molar-refractivity contribution in [2.75, 3.05) is 11.4 Å². The summed E-state index contributed by atoms with van der Waals surface area (Å²) < 4.78 is 27.1. The molecule has 0 fully saturated rings. The Morgan fingerprint density at radius 1 is 1.05 bits per heavy atom. The minimum absolute atomic E-state index is 0.271. The van der Waals surface area contributed by atoms with Crippen LogP contribution in [0.1, 0.15) is 5.56 Å². The third-order valence-corrected chi connectivity index (χ3v) is 5.17. The van der Waals surface area contributed by atoms with E-state index in [2.05, 4.69) is 15.9 Å². The Kier molecular flexibility index (Phi) is 3.96. The molecule has 0 aliphatic rings. The molecule has 0 heterocycles. The molecule has 0 saturated heterocycles. The Morgan fingerprint density at radius 2 is 1.74 bits per heavy atom. The summed E-state index contributed by atoms with van der Waals surface area (Å²) in [6.07, 6.45) is 0. The highest BCUT2D eigenvalue weighted by molar-refractivity contribution is 9.10. The van der Waals surface area contributed by atoms with Crippen molar-refractivity contribution in [1.29, 1.82) is 0 Å². The fourth-order valence-corrected chi connectivity index (χ4v) is 3.69. The Labute approximate surface area is 122 Å². The van der Waals surface area contributed by atoms with Gasteiger partial charge in [0.2, 0.25) is 0 Å². The topological polar surface area (TPSA) is 37.4 Å². The number of aryl methyl sites for hydroxylation is 1. The van der Waals surface area contributed by atoms with Crippen molar-refractivity contribution in [2.45, 2.75) is 11.8 Å². The second kappa shape index (κ2) is 5.35. The number of benzene rings is 2. The molecule has 0 atom stereocenters. The molecule has 0 saturated carbocycles. The molecule has 0 radical (unpaired) electrons. The van der Waals surface area contributed by atoms with Crippen LogP contribution in [0, 0.1) is 6.92 Å². The minimum Gasteiger partial charge on any atom is -0.269 e. The van der Waals surface area contributed by atoms with Gasteiger partial charge in [0, 0.05) is 11.5 Å². The van der Waals surface area contributed by atoms with E-state index in [0.717, 1.165) is 10.0 Å². The van der Waals surface area contributed by atoms with E-state index in [1.165, 1.54) is 4.31 Å². The Balaban J connectivity index is 2.49. The zero-order valence-corrected chi connectivity index (χ0v) is 13.1. The quantitative estimate of drug-likeness (QED) is 0.856. The van der Waals surface area contributed by atoms with E-state index in [0.29, 0.717) is 5.69 Å². The van der Waals surface area contributed by atoms with Gasteiger partial charge in [-0.1, -0.05) is 40.2 Å². The lowest BCUT2D eigenvalue weighted by atomic mass is 10.2. The Bertz CT molecular complexity index is 698. The SMILES string of the molecule is Cc1ccccc1N(C)S(=O)(=O)c1cccc(Br)c1. The highest BCUT2D eigenvalue weighted by Crippen LogP contribution is 2.26. The van der Waals surface area contributed by atoms with E-state index in [9.17, 15) is 8.42 Å². The van der Waals surface area contributed by atoms with Crippen LogP contribution in [0.4, 0.5) is 5.69 Å². The van der Waals surface area contributed by atoms with Crippen LogP contribution in [-0.4, -0.2) is 15.5 Å². The maximum Gasteiger partial charge on any atom is 0.264 e. The molecule has 3 nitrogen and oxygen atoms in total. The lowest BCUT2D eigenvalue weighted by molar-refractivity contribution is 0.594. The molecule has 0 amide bonds. The van der Waals surface area contributed by atoms with Crippen molar-refractivity contribution in [3.8, 4) is 0 Å². The van der Waals surface area contributed by atoms with E-state index in [-0.39, 0.29) is 4.90 Å². The number of anilines is 1. The maximum absolute atomic E-state index is 12.5. The summed E-state index contributed by atoms with van der Waals surface area (Å²) >= 11 is 3.29. The van der Waals surface area contributed by atoms with E-state index >= 15 is 0 Å². The van der Waals surface area contributed by atoms with E-state index in [4.69, 9.17) is 0 Å². The first-order valence-corrected chi connectivity index (χ1v) is 7.96. The molecular weight excluding hydrogens is 326 g/mol. The summed E-state index contributed by atoms with van der Waals surface area (Å²) in [5.74, 6) is 0. The van der Waals surface area contributed by atoms with Gasteiger partial charge < -0.3 is 0 Å². The van der Waals surface area contributed by atoms with Gasteiger partial charge in [0.05, 0.1) is 10.6 Å². The van der Waals surface area contributed by atoms with Gasteiger partial charge in [0.15, 0.2) is 0 Å². The molecule has 5 heteroatoms. The van der Waals surface area contributed by atoms with Crippen LogP contribution in [0.2, 0.25) is 0 Å². The summed E-state index contributed by atoms with van der Waals surface area (Å²) in [7, 11) is -1.97. The Hall–Kier alpha value is -1.33. The van der Waals surface area contributed by atoms with Crippen LogP contribution in [0.3, 0.4) is 0 Å². The number of hydrogen-bond donors (Lipinski definition) is 0. The van der Waals surface area contributed by atoms with Gasteiger partial charge in [0.25, 0.3) is 10.0 Å². The van der Waals surface area contributed by atoms with Crippen LogP contribution in [0.25, 0.3) is 0 Å². The average molecular weight is 340 g/mol. The van der Waals surface area contributed by atoms with E-state index in [1.54, 1.807) is 37.4 Å². The summed E-state index contributed by atoms with van der Waals surface area (Å²) in [6.45, 7) is 1.89. The molecule has 19 heavy (non-hydrogen) atoms. The van der Waals surface area contributed by atoms with Crippen LogP contribution in [-0.2, 0) is 10.0 Å². The van der Waals surface area contributed by atoms with Gasteiger partial charge in [-0.25, -0.2) is 8.42 Å². The number of nitrogens with zero attached hydrogens (tertiary/aromatic N) is 1. The van der Waals surface area contributed by atoms with Crippen molar-refractivity contribution in [3.05, 3.63) is 58.6 Å². The second-order valence-electron chi connectivity index (χ2n) is 4.22. The lowest BCUT2D eigenvalue weighted by Gasteiger charge is -2.21. The van der Waals surface area contributed by atoms with Gasteiger partial charge in [-0.3, -0.25) is 4.31 Å². The third-order valence-electron chi connectivity index (χ3n) is 2.91. The molecule has 0 N–H and O–H groups in total. The predicted molar refractivity (Wildman–Crippen MR) is 80.9 cm³/mol.